The van der Waals surface area contributed by atoms with Crippen LogP contribution in [0.1, 0.15) is 55.8 Å². The third-order valence-electron chi connectivity index (χ3n) is 10.7. The van der Waals surface area contributed by atoms with Crippen molar-refractivity contribution in [1.82, 2.24) is 4.57 Å². The summed E-state index contributed by atoms with van der Waals surface area (Å²) in [5.41, 5.74) is 15.6. The molecule has 0 saturated heterocycles. The van der Waals surface area contributed by atoms with Gasteiger partial charge in [-0.25, -0.2) is 0 Å². The van der Waals surface area contributed by atoms with Gasteiger partial charge in [0, 0.05) is 50.2 Å². The van der Waals surface area contributed by atoms with Crippen LogP contribution in [0.2, 0.25) is 0 Å². The number of rotatable bonds is 5. The van der Waals surface area contributed by atoms with E-state index in [4.69, 9.17) is 0 Å². The molecule has 0 aliphatic heterocycles. The molecule has 7 aromatic rings. The largest absolute Gasteiger partial charge is 0.355 e. The van der Waals surface area contributed by atoms with Gasteiger partial charge in [0.05, 0.1) is 0 Å². The van der Waals surface area contributed by atoms with Gasteiger partial charge in [-0.1, -0.05) is 123 Å². The molecule has 0 amide bonds. The highest BCUT2D eigenvalue weighted by Gasteiger charge is 2.36. The van der Waals surface area contributed by atoms with E-state index in [2.05, 4.69) is 169 Å². The minimum atomic E-state index is -0.0657. The zero-order valence-corrected chi connectivity index (χ0v) is 27.0. The fraction of sp³-hybridized carbons (Fsp3) is 0.156. The normalized spacial score (nSPS) is 16.6. The van der Waals surface area contributed by atoms with E-state index in [1.807, 2.05) is 0 Å². The highest BCUT2D eigenvalue weighted by Crippen LogP contribution is 2.51. The van der Waals surface area contributed by atoms with E-state index in [0.717, 1.165) is 30.6 Å². The first-order valence-corrected chi connectivity index (χ1v) is 16.9. The van der Waals surface area contributed by atoms with E-state index < -0.39 is 0 Å². The van der Waals surface area contributed by atoms with Crippen molar-refractivity contribution >= 4 is 38.8 Å². The molecular formula is C45H38N2. The van der Waals surface area contributed by atoms with Gasteiger partial charge in [0.2, 0.25) is 0 Å². The van der Waals surface area contributed by atoms with Crippen molar-refractivity contribution in [2.45, 2.75) is 44.6 Å². The highest BCUT2D eigenvalue weighted by atomic mass is 15.0. The Bertz CT molecular complexity index is 2320. The molecule has 2 heteroatoms. The van der Waals surface area contributed by atoms with Crippen molar-refractivity contribution < 1.29 is 0 Å². The molecule has 47 heavy (non-hydrogen) atoms. The third kappa shape index (κ3) is 4.54. The molecule has 1 heterocycles. The van der Waals surface area contributed by atoms with E-state index in [1.54, 1.807) is 0 Å². The van der Waals surface area contributed by atoms with E-state index in [0.29, 0.717) is 6.04 Å². The summed E-state index contributed by atoms with van der Waals surface area (Å²) in [6, 6.07) is 51.7. The van der Waals surface area contributed by atoms with Crippen LogP contribution in [0.15, 0.2) is 146 Å². The molecule has 0 spiro atoms. The number of hydrogen-bond acceptors (Lipinski definition) is 1. The summed E-state index contributed by atoms with van der Waals surface area (Å²) in [6.07, 6.45) is 5.76. The summed E-state index contributed by atoms with van der Waals surface area (Å²) in [5, 5.41) is 6.54. The zero-order chi connectivity index (χ0) is 31.5. The molecule has 2 aliphatic carbocycles. The van der Waals surface area contributed by atoms with Crippen LogP contribution in [-0.4, -0.2) is 4.57 Å². The Labute approximate surface area is 277 Å². The second-order valence-electron chi connectivity index (χ2n) is 13.7. The maximum atomic E-state index is 3.92. The molecule has 9 rings (SSSR count). The molecule has 2 aliphatic rings. The number of anilines is 2. The fourth-order valence-electron chi connectivity index (χ4n) is 8.31. The molecule has 0 radical (unpaired) electrons. The summed E-state index contributed by atoms with van der Waals surface area (Å²) in [7, 11) is 0. The molecular weight excluding hydrogens is 569 g/mol. The second-order valence-corrected chi connectivity index (χ2v) is 13.7. The molecule has 2 nitrogen and oxygen atoms in total. The van der Waals surface area contributed by atoms with E-state index in [1.165, 1.54) is 66.3 Å². The van der Waals surface area contributed by atoms with Gasteiger partial charge in [-0.05, 0) is 94.6 Å². The molecule has 0 saturated carbocycles. The average Bonchev–Trinajstić information content (AvgIpc) is 3.57. The Morgan fingerprint density at radius 1 is 0.596 bits per heavy atom. The Morgan fingerprint density at radius 2 is 1.30 bits per heavy atom. The third-order valence-corrected chi connectivity index (χ3v) is 10.7. The first-order valence-electron chi connectivity index (χ1n) is 16.9. The molecule has 0 fully saturated rings. The summed E-state index contributed by atoms with van der Waals surface area (Å²) in [5.74, 6) is 0. The summed E-state index contributed by atoms with van der Waals surface area (Å²) in [6.45, 7) is 4.71. The van der Waals surface area contributed by atoms with E-state index in [-0.39, 0.29) is 5.41 Å². The second kappa shape index (κ2) is 10.9. The van der Waals surface area contributed by atoms with Crippen molar-refractivity contribution in [2.75, 3.05) is 5.32 Å². The molecule has 0 bridgehead atoms. The molecule has 1 N–H and O–H groups in total. The molecule has 1 atom stereocenters. The van der Waals surface area contributed by atoms with Crippen LogP contribution >= 0.6 is 0 Å². The lowest BCUT2D eigenvalue weighted by Crippen LogP contribution is -2.15. The lowest BCUT2D eigenvalue weighted by Gasteiger charge is -2.25. The monoisotopic (exact) mass is 606 g/mol. The van der Waals surface area contributed by atoms with Gasteiger partial charge in [0.15, 0.2) is 0 Å². The topological polar surface area (TPSA) is 17.0 Å². The van der Waals surface area contributed by atoms with Crippen LogP contribution in [0.4, 0.5) is 11.4 Å². The van der Waals surface area contributed by atoms with Crippen molar-refractivity contribution in [2.24, 2.45) is 0 Å². The smallest absolute Gasteiger partial charge is 0.0495 e. The number of fused-ring (bicyclic) bond motifs is 6. The predicted octanol–water partition coefficient (Wildman–Crippen LogP) is 12.3. The lowest BCUT2D eigenvalue weighted by molar-refractivity contribution is 0.491. The number of aromatic nitrogens is 1. The quantitative estimate of drug-likeness (QED) is 0.206. The Morgan fingerprint density at radius 3 is 2.09 bits per heavy atom. The molecule has 1 aromatic heterocycles. The highest BCUT2D eigenvalue weighted by molar-refractivity contribution is 6.09. The van der Waals surface area contributed by atoms with Crippen LogP contribution in [0.5, 0.6) is 0 Å². The Hall–Kier alpha value is -5.34. The van der Waals surface area contributed by atoms with Gasteiger partial charge in [0.25, 0.3) is 0 Å². The van der Waals surface area contributed by atoms with Gasteiger partial charge in [0.1, 0.15) is 0 Å². The Kier molecular flexibility index (Phi) is 6.47. The zero-order valence-electron chi connectivity index (χ0n) is 27.0. The van der Waals surface area contributed by atoms with Crippen molar-refractivity contribution in [3.8, 4) is 22.3 Å². The minimum absolute atomic E-state index is 0.0657. The summed E-state index contributed by atoms with van der Waals surface area (Å²) < 4.78 is 2.61. The minimum Gasteiger partial charge on any atom is -0.355 e. The fourth-order valence-corrected chi connectivity index (χ4v) is 8.31. The number of nitrogens with one attached hydrogen (secondary N) is 1. The van der Waals surface area contributed by atoms with E-state index in [9.17, 15) is 0 Å². The number of hydrogen-bond donors (Lipinski definition) is 1. The molecule has 1 unspecified atom stereocenters. The summed E-state index contributed by atoms with van der Waals surface area (Å²) >= 11 is 0. The summed E-state index contributed by atoms with van der Waals surface area (Å²) in [4.78, 5) is 0. The van der Waals surface area contributed by atoms with Gasteiger partial charge in [-0.15, -0.1) is 0 Å². The Balaban J connectivity index is 1.13. The number of benzene rings is 6. The van der Waals surface area contributed by atoms with Crippen LogP contribution in [0.25, 0.3) is 49.6 Å². The van der Waals surface area contributed by atoms with Crippen molar-refractivity contribution in [1.29, 1.82) is 0 Å². The van der Waals surface area contributed by atoms with Gasteiger partial charge >= 0.3 is 0 Å². The van der Waals surface area contributed by atoms with Crippen molar-refractivity contribution in [3.05, 3.63) is 162 Å². The van der Waals surface area contributed by atoms with Gasteiger partial charge < -0.3 is 9.88 Å². The molecule has 6 aromatic carbocycles. The SMILES string of the molecule is CC1(C)c2ccccc2-c2cc(-c3ccccc3)c(Nc3ccc4c(c3)c3ccccc3n4C3CC=C(c4ccccc4)CC3)cc21. The lowest BCUT2D eigenvalue weighted by atomic mass is 9.82. The average molecular weight is 607 g/mol. The van der Waals surface area contributed by atoms with E-state index >= 15 is 0 Å². The van der Waals surface area contributed by atoms with Gasteiger partial charge in [-0.3, -0.25) is 0 Å². The predicted molar refractivity (Wildman–Crippen MR) is 199 cm³/mol. The van der Waals surface area contributed by atoms with Crippen LogP contribution in [0, 0.1) is 0 Å². The van der Waals surface area contributed by atoms with Crippen molar-refractivity contribution in [3.63, 3.8) is 0 Å². The van der Waals surface area contributed by atoms with Crippen LogP contribution in [-0.2, 0) is 5.41 Å². The van der Waals surface area contributed by atoms with Gasteiger partial charge in [-0.2, -0.15) is 0 Å². The standard InChI is InChI=1S/C45H38N2/c1-45(2)40-19-11-9-17-35(40)38-28-37(32-15-7-4-8-16-32)42(29-41(38)45)46-33-23-26-44-39(27-33)36-18-10-12-20-43(36)47(44)34-24-21-31(22-25-34)30-13-5-3-6-14-30/h3-21,23,26-29,34,46H,22,24-25H2,1-2H3. The first kappa shape index (κ1) is 27.9. The first-order chi connectivity index (χ1) is 23.1. The maximum absolute atomic E-state index is 3.92. The number of nitrogens with zero attached hydrogens (tertiary/aromatic N) is 1. The number of allylic oxidation sites excluding steroid dienone is 2. The maximum Gasteiger partial charge on any atom is 0.0495 e. The number of para-hydroxylation sites is 1. The van der Waals surface area contributed by atoms with Crippen LogP contribution < -0.4 is 5.32 Å². The van der Waals surface area contributed by atoms with Crippen LogP contribution in [0.3, 0.4) is 0 Å². The molecule has 228 valence electrons.